The van der Waals surface area contributed by atoms with Crippen LogP contribution in [0.3, 0.4) is 0 Å². The number of nitrogens with one attached hydrogen (secondary N) is 2. The molecule has 2 aromatic carbocycles. The minimum Gasteiger partial charge on any atom is -0.495 e. The van der Waals surface area contributed by atoms with Gasteiger partial charge < -0.3 is 19.7 Å². The van der Waals surface area contributed by atoms with Crippen molar-refractivity contribution < 1.29 is 22.7 Å². The molecule has 0 fully saturated rings. The summed E-state index contributed by atoms with van der Waals surface area (Å²) in [6.07, 6.45) is 0. The van der Waals surface area contributed by atoms with Crippen molar-refractivity contribution >= 4 is 15.9 Å². The molecule has 0 spiro atoms. The lowest BCUT2D eigenvalue weighted by Crippen LogP contribution is -2.28. The first kappa shape index (κ1) is 23.8. The SMILES string of the molecule is COCCNS(=O)(=O)c1cc(C(=O)NCc2ccccc2CN(C)C)ccc1OC. The summed E-state index contributed by atoms with van der Waals surface area (Å²) in [5.41, 5.74) is 2.35. The largest absolute Gasteiger partial charge is 0.495 e. The summed E-state index contributed by atoms with van der Waals surface area (Å²) >= 11 is 0. The minimum absolute atomic E-state index is 0.0956. The number of nitrogens with zero attached hydrogens (tertiary/aromatic N) is 1. The van der Waals surface area contributed by atoms with E-state index < -0.39 is 10.0 Å². The van der Waals surface area contributed by atoms with Crippen LogP contribution in [0.25, 0.3) is 0 Å². The van der Waals surface area contributed by atoms with Crippen LogP contribution in [-0.2, 0) is 27.8 Å². The molecule has 8 nitrogen and oxygen atoms in total. The second kappa shape index (κ2) is 11.1. The van der Waals surface area contributed by atoms with E-state index in [0.717, 1.165) is 17.7 Å². The van der Waals surface area contributed by atoms with Crippen molar-refractivity contribution in [2.75, 3.05) is 41.5 Å². The van der Waals surface area contributed by atoms with E-state index in [0.29, 0.717) is 6.54 Å². The van der Waals surface area contributed by atoms with Crippen LogP contribution in [-0.4, -0.2) is 60.7 Å². The van der Waals surface area contributed by atoms with Gasteiger partial charge in [-0.3, -0.25) is 4.79 Å². The van der Waals surface area contributed by atoms with Crippen molar-refractivity contribution in [1.82, 2.24) is 14.9 Å². The van der Waals surface area contributed by atoms with Crippen LogP contribution < -0.4 is 14.8 Å². The Labute approximate surface area is 178 Å². The van der Waals surface area contributed by atoms with Gasteiger partial charge in [0.15, 0.2) is 0 Å². The van der Waals surface area contributed by atoms with Gasteiger partial charge in [-0.25, -0.2) is 13.1 Å². The molecular formula is C21H29N3O5S. The molecule has 0 saturated carbocycles. The summed E-state index contributed by atoms with van der Waals surface area (Å²) in [7, 11) is 2.97. The van der Waals surface area contributed by atoms with Crippen molar-refractivity contribution in [2.45, 2.75) is 18.0 Å². The number of benzene rings is 2. The molecule has 2 N–H and O–H groups in total. The highest BCUT2D eigenvalue weighted by atomic mass is 32.2. The molecule has 164 valence electrons. The molecule has 0 unspecified atom stereocenters. The molecule has 0 radical (unpaired) electrons. The molecule has 2 aromatic rings. The first-order chi connectivity index (χ1) is 14.3. The highest BCUT2D eigenvalue weighted by Crippen LogP contribution is 2.25. The second-order valence-electron chi connectivity index (χ2n) is 6.95. The zero-order valence-electron chi connectivity index (χ0n) is 17.8. The monoisotopic (exact) mass is 435 g/mol. The summed E-state index contributed by atoms with van der Waals surface area (Å²) in [5.74, 6) is -0.210. The number of carbonyl (C=O) groups excluding carboxylic acids is 1. The fraction of sp³-hybridized carbons (Fsp3) is 0.381. The van der Waals surface area contributed by atoms with Crippen molar-refractivity contribution in [3.63, 3.8) is 0 Å². The van der Waals surface area contributed by atoms with Crippen LogP contribution in [0.2, 0.25) is 0 Å². The molecule has 0 aliphatic carbocycles. The Bertz CT molecular complexity index is 961. The number of rotatable bonds is 11. The Balaban J connectivity index is 2.19. The Morgan fingerprint density at radius 1 is 1.07 bits per heavy atom. The van der Waals surface area contributed by atoms with Gasteiger partial charge in [0.05, 0.1) is 13.7 Å². The smallest absolute Gasteiger partial charge is 0.251 e. The molecule has 0 saturated heterocycles. The Kier molecular flexibility index (Phi) is 8.79. The van der Waals surface area contributed by atoms with Crippen LogP contribution in [0.4, 0.5) is 0 Å². The normalized spacial score (nSPS) is 11.5. The molecular weight excluding hydrogens is 406 g/mol. The van der Waals surface area contributed by atoms with Crippen LogP contribution in [0.1, 0.15) is 21.5 Å². The molecule has 0 aromatic heterocycles. The van der Waals surface area contributed by atoms with Gasteiger partial charge in [0.2, 0.25) is 10.0 Å². The van der Waals surface area contributed by atoms with Gasteiger partial charge in [-0.2, -0.15) is 0 Å². The number of carbonyl (C=O) groups is 1. The van der Waals surface area contributed by atoms with Crippen LogP contribution in [0.5, 0.6) is 5.75 Å². The fourth-order valence-corrected chi connectivity index (χ4v) is 4.09. The lowest BCUT2D eigenvalue weighted by molar-refractivity contribution is 0.0950. The molecule has 0 atom stereocenters. The third-order valence-corrected chi connectivity index (χ3v) is 5.84. The van der Waals surface area contributed by atoms with Crippen molar-refractivity contribution in [1.29, 1.82) is 0 Å². The fourth-order valence-electron chi connectivity index (χ4n) is 2.89. The molecule has 0 aliphatic heterocycles. The van der Waals surface area contributed by atoms with E-state index >= 15 is 0 Å². The highest BCUT2D eigenvalue weighted by Gasteiger charge is 2.21. The lowest BCUT2D eigenvalue weighted by atomic mass is 10.1. The molecule has 30 heavy (non-hydrogen) atoms. The third kappa shape index (κ3) is 6.53. The quantitative estimate of drug-likeness (QED) is 0.521. The number of hydrogen-bond donors (Lipinski definition) is 2. The molecule has 9 heteroatoms. The number of hydrogen-bond acceptors (Lipinski definition) is 6. The molecule has 0 heterocycles. The number of amides is 1. The maximum Gasteiger partial charge on any atom is 0.251 e. The van der Waals surface area contributed by atoms with E-state index in [-0.39, 0.29) is 35.3 Å². The van der Waals surface area contributed by atoms with E-state index in [1.165, 1.54) is 32.4 Å². The molecule has 0 bridgehead atoms. The van der Waals surface area contributed by atoms with Crippen molar-refractivity contribution in [3.05, 3.63) is 59.2 Å². The van der Waals surface area contributed by atoms with Gasteiger partial charge in [-0.05, 0) is 43.4 Å². The van der Waals surface area contributed by atoms with E-state index in [1.54, 1.807) is 0 Å². The van der Waals surface area contributed by atoms with Gasteiger partial charge >= 0.3 is 0 Å². The van der Waals surface area contributed by atoms with Gasteiger partial charge in [-0.1, -0.05) is 24.3 Å². The first-order valence-corrected chi connectivity index (χ1v) is 10.9. The van der Waals surface area contributed by atoms with Gasteiger partial charge in [-0.15, -0.1) is 0 Å². The van der Waals surface area contributed by atoms with Gasteiger partial charge in [0.25, 0.3) is 5.91 Å². The summed E-state index contributed by atoms with van der Waals surface area (Å²) in [4.78, 5) is 14.7. The van der Waals surface area contributed by atoms with E-state index in [4.69, 9.17) is 9.47 Å². The molecule has 0 aliphatic rings. The predicted octanol–water partition coefficient (Wildman–Crippen LogP) is 1.61. The summed E-state index contributed by atoms with van der Waals surface area (Å²) in [6.45, 7) is 1.43. The van der Waals surface area contributed by atoms with Gasteiger partial charge in [0.1, 0.15) is 10.6 Å². The van der Waals surface area contributed by atoms with Crippen LogP contribution in [0.15, 0.2) is 47.4 Å². The average molecular weight is 436 g/mol. The topological polar surface area (TPSA) is 97.0 Å². The van der Waals surface area contributed by atoms with Crippen LogP contribution in [0, 0.1) is 0 Å². The van der Waals surface area contributed by atoms with Crippen molar-refractivity contribution in [2.24, 2.45) is 0 Å². The number of sulfonamides is 1. The Hall–Kier alpha value is -2.46. The summed E-state index contributed by atoms with van der Waals surface area (Å²) in [5, 5.41) is 2.86. The van der Waals surface area contributed by atoms with E-state index in [9.17, 15) is 13.2 Å². The number of methoxy groups -OCH3 is 2. The van der Waals surface area contributed by atoms with E-state index in [2.05, 4.69) is 14.9 Å². The lowest BCUT2D eigenvalue weighted by Gasteiger charge is -2.15. The zero-order valence-corrected chi connectivity index (χ0v) is 18.6. The van der Waals surface area contributed by atoms with Crippen LogP contribution >= 0.6 is 0 Å². The second-order valence-corrected chi connectivity index (χ2v) is 8.68. The average Bonchev–Trinajstić information content (AvgIpc) is 2.72. The number of ether oxygens (including phenoxy) is 2. The Morgan fingerprint density at radius 3 is 2.40 bits per heavy atom. The minimum atomic E-state index is -3.86. The Morgan fingerprint density at radius 2 is 1.77 bits per heavy atom. The zero-order chi connectivity index (χ0) is 22.1. The molecule has 2 rings (SSSR count). The molecule has 1 amide bonds. The van der Waals surface area contributed by atoms with Crippen molar-refractivity contribution in [3.8, 4) is 5.75 Å². The van der Waals surface area contributed by atoms with E-state index in [1.807, 2.05) is 38.4 Å². The standard InChI is InChI=1S/C21H29N3O5S/c1-24(2)15-18-8-6-5-7-17(18)14-22-21(25)16-9-10-19(29-4)20(13-16)30(26,27)23-11-12-28-3/h5-10,13,23H,11-12,14-15H2,1-4H3,(H,22,25). The summed E-state index contributed by atoms with van der Waals surface area (Å²) in [6, 6.07) is 12.2. The maximum absolute atomic E-state index is 12.7. The van der Waals surface area contributed by atoms with Gasteiger partial charge in [0, 0.05) is 32.3 Å². The first-order valence-electron chi connectivity index (χ1n) is 9.45. The third-order valence-electron chi connectivity index (χ3n) is 4.36. The predicted molar refractivity (Wildman–Crippen MR) is 115 cm³/mol. The highest BCUT2D eigenvalue weighted by molar-refractivity contribution is 7.89. The summed E-state index contributed by atoms with van der Waals surface area (Å²) < 4.78 is 37.7. The maximum atomic E-state index is 12.7.